The molecule has 21 heavy (non-hydrogen) atoms. The lowest BCUT2D eigenvalue weighted by Crippen LogP contribution is -2.13. The number of rotatable bonds is 3. The van der Waals surface area contributed by atoms with E-state index >= 15 is 0 Å². The summed E-state index contributed by atoms with van der Waals surface area (Å²) in [6.45, 7) is 0. The molecule has 0 bridgehead atoms. The monoisotopic (exact) mass is 343 g/mol. The lowest BCUT2D eigenvalue weighted by molar-refractivity contribution is 0.102. The van der Waals surface area contributed by atoms with E-state index in [4.69, 9.17) is 0 Å². The van der Waals surface area contributed by atoms with E-state index in [2.05, 4.69) is 26.3 Å². The highest BCUT2D eigenvalue weighted by Gasteiger charge is 2.15. The molecule has 0 spiro atoms. The second-order valence-corrected chi connectivity index (χ2v) is 5.34. The number of fused-ring (bicyclic) bond motifs is 1. The van der Waals surface area contributed by atoms with Crippen LogP contribution in [0.25, 0.3) is 10.9 Å². The van der Waals surface area contributed by atoms with Gasteiger partial charge in [0.05, 0.1) is 5.52 Å². The topological polar surface area (TPSA) is 46.9 Å². The van der Waals surface area contributed by atoms with Crippen molar-refractivity contribution in [2.45, 2.75) is 5.33 Å². The SMILES string of the molecule is Cn1nc(C(=O)Nc2cccc(CBr)c2)c2ccccc21. The minimum absolute atomic E-state index is 0.196. The van der Waals surface area contributed by atoms with Crippen molar-refractivity contribution in [1.82, 2.24) is 9.78 Å². The summed E-state index contributed by atoms with van der Waals surface area (Å²) in [5.41, 5.74) is 3.26. The zero-order valence-corrected chi connectivity index (χ0v) is 13.1. The second kappa shape index (κ2) is 5.69. The number of amides is 1. The average molecular weight is 344 g/mol. The van der Waals surface area contributed by atoms with Crippen molar-refractivity contribution in [2.75, 3.05) is 5.32 Å². The minimum atomic E-state index is -0.196. The number of nitrogens with zero attached hydrogens (tertiary/aromatic N) is 2. The molecular formula is C16H14BrN3O. The van der Waals surface area contributed by atoms with Gasteiger partial charge in [-0.05, 0) is 23.8 Å². The molecule has 2 aromatic carbocycles. The molecule has 3 rings (SSSR count). The van der Waals surface area contributed by atoms with Crippen molar-refractivity contribution in [3.63, 3.8) is 0 Å². The van der Waals surface area contributed by atoms with Crippen LogP contribution in [0, 0.1) is 0 Å². The maximum atomic E-state index is 12.4. The van der Waals surface area contributed by atoms with E-state index in [1.165, 1.54) is 0 Å². The molecule has 0 radical (unpaired) electrons. The maximum Gasteiger partial charge on any atom is 0.276 e. The number of carbonyl (C=O) groups is 1. The third kappa shape index (κ3) is 2.69. The number of aromatic nitrogens is 2. The van der Waals surface area contributed by atoms with Gasteiger partial charge >= 0.3 is 0 Å². The molecule has 0 atom stereocenters. The number of alkyl halides is 1. The normalized spacial score (nSPS) is 10.8. The molecule has 3 aromatic rings. The van der Waals surface area contributed by atoms with E-state index in [1.807, 2.05) is 55.6 Å². The molecule has 0 aliphatic carbocycles. The fraction of sp³-hybridized carbons (Fsp3) is 0.125. The maximum absolute atomic E-state index is 12.4. The Labute approximate surface area is 130 Å². The third-order valence-electron chi connectivity index (χ3n) is 3.31. The Morgan fingerprint density at radius 2 is 2.05 bits per heavy atom. The predicted molar refractivity (Wildman–Crippen MR) is 87.7 cm³/mol. The van der Waals surface area contributed by atoms with Gasteiger partial charge in [0.1, 0.15) is 0 Å². The smallest absolute Gasteiger partial charge is 0.276 e. The van der Waals surface area contributed by atoms with E-state index < -0.39 is 0 Å². The van der Waals surface area contributed by atoms with Gasteiger partial charge in [-0.2, -0.15) is 5.10 Å². The van der Waals surface area contributed by atoms with Crippen molar-refractivity contribution in [3.8, 4) is 0 Å². The van der Waals surface area contributed by atoms with Crippen LogP contribution in [0.5, 0.6) is 0 Å². The molecule has 4 nitrogen and oxygen atoms in total. The lowest BCUT2D eigenvalue weighted by Gasteiger charge is -2.05. The molecule has 1 N–H and O–H groups in total. The number of nitrogens with one attached hydrogen (secondary N) is 1. The van der Waals surface area contributed by atoms with Crippen LogP contribution in [0.2, 0.25) is 0 Å². The first-order valence-electron chi connectivity index (χ1n) is 6.57. The summed E-state index contributed by atoms with van der Waals surface area (Å²) in [6.07, 6.45) is 0. The van der Waals surface area contributed by atoms with Gasteiger partial charge in [0, 0.05) is 23.5 Å². The first-order valence-corrected chi connectivity index (χ1v) is 7.69. The van der Waals surface area contributed by atoms with Crippen LogP contribution in [-0.2, 0) is 12.4 Å². The van der Waals surface area contributed by atoms with Crippen LogP contribution in [-0.4, -0.2) is 15.7 Å². The van der Waals surface area contributed by atoms with Crippen LogP contribution in [0.3, 0.4) is 0 Å². The highest BCUT2D eigenvalue weighted by Crippen LogP contribution is 2.19. The van der Waals surface area contributed by atoms with Gasteiger partial charge in [0.15, 0.2) is 5.69 Å². The molecule has 0 saturated heterocycles. The summed E-state index contributed by atoms with van der Waals surface area (Å²) in [5.74, 6) is -0.196. The molecule has 1 aromatic heterocycles. The Morgan fingerprint density at radius 1 is 1.24 bits per heavy atom. The quantitative estimate of drug-likeness (QED) is 0.736. The molecule has 0 unspecified atom stereocenters. The Balaban J connectivity index is 1.94. The summed E-state index contributed by atoms with van der Waals surface area (Å²) in [5, 5.41) is 8.84. The van der Waals surface area contributed by atoms with Crippen LogP contribution in [0.4, 0.5) is 5.69 Å². The number of carbonyl (C=O) groups excluding carboxylic acids is 1. The van der Waals surface area contributed by atoms with Crippen LogP contribution >= 0.6 is 15.9 Å². The van der Waals surface area contributed by atoms with Crippen LogP contribution < -0.4 is 5.32 Å². The number of hydrogen-bond donors (Lipinski definition) is 1. The van der Waals surface area contributed by atoms with Gasteiger partial charge in [0.25, 0.3) is 5.91 Å². The Morgan fingerprint density at radius 3 is 2.86 bits per heavy atom. The summed E-state index contributed by atoms with van der Waals surface area (Å²) in [4.78, 5) is 12.4. The first-order chi connectivity index (χ1) is 10.2. The fourth-order valence-corrected chi connectivity index (χ4v) is 2.65. The average Bonchev–Trinajstić information content (AvgIpc) is 2.85. The molecular weight excluding hydrogens is 330 g/mol. The van der Waals surface area contributed by atoms with Crippen molar-refractivity contribution in [1.29, 1.82) is 0 Å². The number of halogens is 1. The summed E-state index contributed by atoms with van der Waals surface area (Å²) < 4.78 is 1.72. The van der Waals surface area contributed by atoms with Gasteiger partial charge in [-0.15, -0.1) is 0 Å². The molecule has 1 heterocycles. The number of para-hydroxylation sites is 1. The lowest BCUT2D eigenvalue weighted by atomic mass is 10.2. The second-order valence-electron chi connectivity index (χ2n) is 4.78. The minimum Gasteiger partial charge on any atom is -0.321 e. The van der Waals surface area contributed by atoms with Gasteiger partial charge < -0.3 is 5.32 Å². The van der Waals surface area contributed by atoms with Gasteiger partial charge in [-0.1, -0.05) is 46.3 Å². The molecule has 0 aliphatic heterocycles. The molecule has 0 fully saturated rings. The molecule has 5 heteroatoms. The molecule has 0 aliphatic rings. The summed E-state index contributed by atoms with van der Waals surface area (Å²) >= 11 is 3.41. The van der Waals surface area contributed by atoms with Gasteiger partial charge in [-0.25, -0.2) is 0 Å². The fourth-order valence-electron chi connectivity index (χ4n) is 2.30. The number of hydrogen-bond acceptors (Lipinski definition) is 2. The van der Waals surface area contributed by atoms with Crippen LogP contribution in [0.1, 0.15) is 16.1 Å². The van der Waals surface area contributed by atoms with Crippen molar-refractivity contribution < 1.29 is 4.79 Å². The Hall–Kier alpha value is -2.14. The predicted octanol–water partition coefficient (Wildman–Crippen LogP) is 3.72. The summed E-state index contributed by atoms with van der Waals surface area (Å²) in [7, 11) is 1.84. The molecule has 1 amide bonds. The van der Waals surface area contributed by atoms with Crippen molar-refractivity contribution in [3.05, 3.63) is 59.8 Å². The Kier molecular flexibility index (Phi) is 3.75. The standard InChI is InChI=1S/C16H14BrN3O/c1-20-14-8-3-2-7-13(14)15(19-20)16(21)18-12-6-4-5-11(9-12)10-17/h2-9H,10H2,1H3,(H,18,21). The molecule has 106 valence electrons. The molecule has 0 saturated carbocycles. The van der Waals surface area contributed by atoms with E-state index in [-0.39, 0.29) is 5.91 Å². The van der Waals surface area contributed by atoms with E-state index in [0.29, 0.717) is 5.69 Å². The highest BCUT2D eigenvalue weighted by atomic mass is 79.9. The van der Waals surface area contributed by atoms with E-state index in [0.717, 1.165) is 27.5 Å². The van der Waals surface area contributed by atoms with Crippen molar-refractivity contribution >= 4 is 38.4 Å². The van der Waals surface area contributed by atoms with E-state index in [1.54, 1.807) is 4.68 Å². The Bertz CT molecular complexity index is 810. The number of aryl methyl sites for hydroxylation is 1. The third-order valence-corrected chi connectivity index (χ3v) is 3.96. The zero-order valence-electron chi connectivity index (χ0n) is 11.5. The van der Waals surface area contributed by atoms with Crippen LogP contribution in [0.15, 0.2) is 48.5 Å². The van der Waals surface area contributed by atoms with Gasteiger partial charge in [-0.3, -0.25) is 9.48 Å². The van der Waals surface area contributed by atoms with Gasteiger partial charge in [0.2, 0.25) is 0 Å². The highest BCUT2D eigenvalue weighted by molar-refractivity contribution is 9.08. The number of benzene rings is 2. The van der Waals surface area contributed by atoms with Crippen molar-refractivity contribution in [2.24, 2.45) is 7.05 Å². The zero-order chi connectivity index (χ0) is 14.8. The first kappa shape index (κ1) is 13.8. The number of anilines is 1. The van der Waals surface area contributed by atoms with E-state index in [9.17, 15) is 4.79 Å². The largest absolute Gasteiger partial charge is 0.321 e. The summed E-state index contributed by atoms with van der Waals surface area (Å²) in [6, 6.07) is 15.4.